The SMILES string of the molecule is CC1C=Cc2nccnc2N1. The molecule has 0 aromatic carbocycles. The number of hydrogen-bond acceptors (Lipinski definition) is 3. The average molecular weight is 147 g/mol. The van der Waals surface area contributed by atoms with Gasteiger partial charge in [0, 0.05) is 18.4 Å². The first kappa shape index (κ1) is 6.34. The first-order valence-electron chi connectivity index (χ1n) is 3.62. The number of aromatic nitrogens is 2. The fourth-order valence-corrected chi connectivity index (χ4v) is 1.08. The molecule has 11 heavy (non-hydrogen) atoms. The molecule has 1 N–H and O–H groups in total. The molecule has 0 bridgehead atoms. The Morgan fingerprint density at radius 3 is 3.09 bits per heavy atom. The molecule has 0 radical (unpaired) electrons. The van der Waals surface area contributed by atoms with Gasteiger partial charge in [0.05, 0.1) is 0 Å². The van der Waals surface area contributed by atoms with Crippen LogP contribution in [0, 0.1) is 0 Å². The Kier molecular flexibility index (Phi) is 1.35. The first-order chi connectivity index (χ1) is 5.36. The van der Waals surface area contributed by atoms with Crippen LogP contribution in [0.15, 0.2) is 18.5 Å². The molecule has 1 aliphatic heterocycles. The number of nitrogens with one attached hydrogen (secondary N) is 1. The minimum atomic E-state index is 0.360. The first-order valence-corrected chi connectivity index (χ1v) is 3.62. The molecule has 1 aromatic heterocycles. The van der Waals surface area contributed by atoms with Gasteiger partial charge in [-0.25, -0.2) is 4.98 Å². The Bertz CT molecular complexity index is 293. The zero-order chi connectivity index (χ0) is 7.68. The van der Waals surface area contributed by atoms with Gasteiger partial charge in [0.25, 0.3) is 0 Å². The Morgan fingerprint density at radius 1 is 1.36 bits per heavy atom. The third-order valence-electron chi connectivity index (χ3n) is 1.63. The third-order valence-corrected chi connectivity index (χ3v) is 1.63. The Morgan fingerprint density at radius 2 is 2.18 bits per heavy atom. The molecule has 1 aliphatic rings. The van der Waals surface area contributed by atoms with Gasteiger partial charge in [-0.3, -0.25) is 4.98 Å². The second-order valence-corrected chi connectivity index (χ2v) is 2.58. The van der Waals surface area contributed by atoms with Gasteiger partial charge in [0.15, 0.2) is 5.82 Å². The summed E-state index contributed by atoms with van der Waals surface area (Å²) in [6.07, 6.45) is 7.44. The molecule has 56 valence electrons. The standard InChI is InChI=1S/C8H9N3/c1-6-2-3-7-8(11-6)10-5-4-9-7/h2-6H,1H3,(H,10,11). The van der Waals surface area contributed by atoms with Crippen molar-refractivity contribution < 1.29 is 0 Å². The molecule has 0 aliphatic carbocycles. The number of anilines is 1. The zero-order valence-electron chi connectivity index (χ0n) is 6.28. The molecule has 0 amide bonds. The lowest BCUT2D eigenvalue weighted by Gasteiger charge is -2.15. The number of fused-ring (bicyclic) bond motifs is 1. The zero-order valence-corrected chi connectivity index (χ0v) is 6.28. The van der Waals surface area contributed by atoms with Gasteiger partial charge in [-0.05, 0) is 13.0 Å². The summed E-state index contributed by atoms with van der Waals surface area (Å²) in [4.78, 5) is 8.29. The molecule has 3 heteroatoms. The number of rotatable bonds is 0. The van der Waals surface area contributed by atoms with E-state index in [-0.39, 0.29) is 0 Å². The largest absolute Gasteiger partial charge is 0.362 e. The average Bonchev–Trinajstić information content (AvgIpc) is 2.04. The maximum Gasteiger partial charge on any atom is 0.152 e. The summed E-state index contributed by atoms with van der Waals surface area (Å²) in [6, 6.07) is 0.360. The van der Waals surface area contributed by atoms with Crippen LogP contribution in [0.25, 0.3) is 6.08 Å². The highest BCUT2D eigenvalue weighted by Gasteiger charge is 2.08. The Balaban J connectivity index is 2.46. The lowest BCUT2D eigenvalue weighted by molar-refractivity contribution is 0.958. The Labute approximate surface area is 65.2 Å². The van der Waals surface area contributed by atoms with Gasteiger partial charge >= 0.3 is 0 Å². The van der Waals surface area contributed by atoms with Crippen LogP contribution >= 0.6 is 0 Å². The van der Waals surface area contributed by atoms with Crippen LogP contribution in [-0.2, 0) is 0 Å². The van der Waals surface area contributed by atoms with Crippen LogP contribution in [0.2, 0.25) is 0 Å². The fraction of sp³-hybridized carbons (Fsp3) is 0.250. The molecular formula is C8H9N3. The minimum absolute atomic E-state index is 0.360. The maximum absolute atomic E-state index is 4.14. The van der Waals surface area contributed by atoms with Crippen molar-refractivity contribution in [3.8, 4) is 0 Å². The molecule has 1 unspecified atom stereocenters. The van der Waals surface area contributed by atoms with E-state index in [9.17, 15) is 0 Å². The molecule has 1 aromatic rings. The molecule has 3 nitrogen and oxygen atoms in total. The highest BCUT2D eigenvalue weighted by atomic mass is 15.0. The van der Waals surface area contributed by atoms with E-state index in [4.69, 9.17) is 0 Å². The van der Waals surface area contributed by atoms with Crippen molar-refractivity contribution in [2.45, 2.75) is 13.0 Å². The van der Waals surface area contributed by atoms with E-state index in [0.29, 0.717) is 6.04 Å². The topological polar surface area (TPSA) is 37.8 Å². The van der Waals surface area contributed by atoms with Crippen LogP contribution in [0.5, 0.6) is 0 Å². The summed E-state index contributed by atoms with van der Waals surface area (Å²) in [5, 5.41) is 3.20. The van der Waals surface area contributed by atoms with Gasteiger partial charge in [-0.1, -0.05) is 6.08 Å². The molecular weight excluding hydrogens is 138 g/mol. The Hall–Kier alpha value is -1.38. The summed E-state index contributed by atoms with van der Waals surface area (Å²) in [5.74, 6) is 0.877. The van der Waals surface area contributed by atoms with E-state index >= 15 is 0 Å². The van der Waals surface area contributed by atoms with Crippen molar-refractivity contribution in [1.82, 2.24) is 9.97 Å². The third kappa shape index (κ3) is 1.09. The van der Waals surface area contributed by atoms with Gasteiger partial charge in [0.2, 0.25) is 0 Å². The van der Waals surface area contributed by atoms with Crippen LogP contribution in [-0.4, -0.2) is 16.0 Å². The van der Waals surface area contributed by atoms with E-state index in [1.54, 1.807) is 12.4 Å². The van der Waals surface area contributed by atoms with Crippen molar-refractivity contribution in [3.05, 3.63) is 24.2 Å². The summed E-state index contributed by atoms with van der Waals surface area (Å²) < 4.78 is 0. The highest BCUT2D eigenvalue weighted by molar-refractivity contribution is 5.63. The van der Waals surface area contributed by atoms with Crippen LogP contribution in [0.3, 0.4) is 0 Å². The molecule has 0 fully saturated rings. The predicted molar refractivity (Wildman–Crippen MR) is 44.2 cm³/mol. The molecule has 1 atom stereocenters. The quantitative estimate of drug-likeness (QED) is 0.601. The number of hydrogen-bond donors (Lipinski definition) is 1. The van der Waals surface area contributed by atoms with Gasteiger partial charge in [-0.15, -0.1) is 0 Å². The predicted octanol–water partition coefficient (Wildman–Crippen LogP) is 1.30. The van der Waals surface area contributed by atoms with Crippen LogP contribution < -0.4 is 5.32 Å². The van der Waals surface area contributed by atoms with Gasteiger partial charge < -0.3 is 5.32 Å². The van der Waals surface area contributed by atoms with E-state index in [1.807, 2.05) is 6.08 Å². The molecule has 0 saturated carbocycles. The second-order valence-electron chi connectivity index (χ2n) is 2.58. The lowest BCUT2D eigenvalue weighted by atomic mass is 10.2. The molecule has 0 saturated heterocycles. The minimum Gasteiger partial charge on any atom is -0.362 e. The van der Waals surface area contributed by atoms with Crippen molar-refractivity contribution in [3.63, 3.8) is 0 Å². The van der Waals surface area contributed by atoms with Crippen molar-refractivity contribution >= 4 is 11.9 Å². The van der Waals surface area contributed by atoms with Gasteiger partial charge in [-0.2, -0.15) is 0 Å². The summed E-state index contributed by atoms with van der Waals surface area (Å²) in [5.41, 5.74) is 0.922. The van der Waals surface area contributed by atoms with Crippen LogP contribution in [0.4, 0.5) is 5.82 Å². The number of nitrogens with zero attached hydrogens (tertiary/aromatic N) is 2. The maximum atomic E-state index is 4.14. The van der Waals surface area contributed by atoms with Crippen molar-refractivity contribution in [2.24, 2.45) is 0 Å². The van der Waals surface area contributed by atoms with Crippen molar-refractivity contribution in [1.29, 1.82) is 0 Å². The van der Waals surface area contributed by atoms with E-state index in [2.05, 4.69) is 28.3 Å². The van der Waals surface area contributed by atoms with Crippen LogP contribution in [0.1, 0.15) is 12.6 Å². The summed E-state index contributed by atoms with van der Waals surface area (Å²) in [7, 11) is 0. The molecule has 2 heterocycles. The monoisotopic (exact) mass is 147 g/mol. The summed E-state index contributed by atoms with van der Waals surface area (Å²) >= 11 is 0. The van der Waals surface area contributed by atoms with Gasteiger partial charge in [0.1, 0.15) is 5.69 Å². The molecule has 2 rings (SSSR count). The normalized spacial score (nSPS) is 20.6. The van der Waals surface area contributed by atoms with E-state index in [1.165, 1.54) is 0 Å². The smallest absolute Gasteiger partial charge is 0.152 e. The van der Waals surface area contributed by atoms with E-state index in [0.717, 1.165) is 11.5 Å². The van der Waals surface area contributed by atoms with E-state index < -0.39 is 0 Å². The second kappa shape index (κ2) is 2.34. The summed E-state index contributed by atoms with van der Waals surface area (Å²) in [6.45, 7) is 2.08. The highest BCUT2D eigenvalue weighted by Crippen LogP contribution is 2.16. The van der Waals surface area contributed by atoms with Crippen molar-refractivity contribution in [2.75, 3.05) is 5.32 Å². The fourth-order valence-electron chi connectivity index (χ4n) is 1.08. The lowest BCUT2D eigenvalue weighted by Crippen LogP contribution is -2.17. The molecule has 0 spiro atoms.